The number of carbonyl (C=O) groups excluding carboxylic acids is 1. The lowest BCUT2D eigenvalue weighted by Crippen LogP contribution is -2.49. The van der Waals surface area contributed by atoms with Gasteiger partial charge in [0.25, 0.3) is 0 Å². The third kappa shape index (κ3) is 2.67. The number of carbonyl (C=O) groups is 1. The molecule has 0 saturated heterocycles. The van der Waals surface area contributed by atoms with Gasteiger partial charge in [0.05, 0.1) is 0 Å². The fourth-order valence-corrected chi connectivity index (χ4v) is 5.38. The third-order valence-corrected chi connectivity index (χ3v) is 7.39. The number of hydrogen-bond donors (Lipinski definition) is 1. The van der Waals surface area contributed by atoms with E-state index in [1.54, 1.807) is 5.57 Å². The minimum Gasteiger partial charge on any atom is -0.429 e. The molecule has 0 aromatic carbocycles. The molecular weight excluding hydrogens is 288 g/mol. The van der Waals surface area contributed by atoms with Crippen LogP contribution in [0.1, 0.15) is 66.2 Å². The average Bonchev–Trinajstić information content (AvgIpc) is 2.82. The zero-order chi connectivity index (χ0) is 16.8. The van der Waals surface area contributed by atoms with Gasteiger partial charge >= 0.3 is 5.97 Å². The second kappa shape index (κ2) is 5.77. The molecule has 1 heterocycles. The average molecular weight is 318 g/mol. The van der Waals surface area contributed by atoms with Crippen molar-refractivity contribution in [1.29, 1.82) is 0 Å². The van der Waals surface area contributed by atoms with Gasteiger partial charge in [-0.3, -0.25) is 0 Å². The van der Waals surface area contributed by atoms with Crippen LogP contribution in [0.5, 0.6) is 0 Å². The molecule has 0 aromatic rings. The van der Waals surface area contributed by atoms with Gasteiger partial charge < -0.3 is 9.84 Å². The topological polar surface area (TPSA) is 46.5 Å². The summed E-state index contributed by atoms with van der Waals surface area (Å²) < 4.78 is 4.83. The molecule has 2 aliphatic carbocycles. The molecule has 1 saturated carbocycles. The lowest BCUT2D eigenvalue weighted by Gasteiger charge is -2.58. The Morgan fingerprint density at radius 2 is 2.09 bits per heavy atom. The number of esters is 1. The molecule has 0 amide bonds. The number of allylic oxidation sites excluding steroid dienone is 2. The zero-order valence-electron chi connectivity index (χ0n) is 14.9. The zero-order valence-corrected chi connectivity index (χ0v) is 14.9. The molecule has 5 atom stereocenters. The summed E-state index contributed by atoms with van der Waals surface area (Å²) in [5, 5.41) is 9.84. The molecule has 2 unspecified atom stereocenters. The van der Waals surface area contributed by atoms with Gasteiger partial charge in [-0.1, -0.05) is 32.4 Å². The molecule has 1 fully saturated rings. The van der Waals surface area contributed by atoms with Gasteiger partial charge in [-0.05, 0) is 68.1 Å². The molecule has 23 heavy (non-hydrogen) atoms. The molecule has 3 rings (SSSR count). The maximum atomic E-state index is 11.3. The predicted molar refractivity (Wildman–Crippen MR) is 90.5 cm³/mol. The predicted octanol–water partition coefficient (Wildman–Crippen LogP) is 4.37. The molecule has 0 aromatic heterocycles. The Kier molecular flexibility index (Phi) is 4.20. The number of fused-ring (bicyclic) bond motifs is 1. The van der Waals surface area contributed by atoms with E-state index < -0.39 is 12.3 Å². The van der Waals surface area contributed by atoms with E-state index in [2.05, 4.69) is 33.8 Å². The lowest BCUT2D eigenvalue weighted by molar-refractivity contribution is -0.151. The van der Waals surface area contributed by atoms with Crippen molar-refractivity contribution < 1.29 is 14.6 Å². The van der Waals surface area contributed by atoms with E-state index in [1.165, 1.54) is 31.8 Å². The fourth-order valence-electron chi connectivity index (χ4n) is 5.38. The first-order chi connectivity index (χ1) is 10.8. The standard InChI is InChI=1S/C20H30O3/c1-13-6-5-7-16-19(13,3)10-8-14(2)20(16,4)11-9-15-12-17(21)23-18(15)22/h6,12,14,16,18,22H,5,7-11H2,1-4H3/t14?,16-,18?,19-,20-/m0/s1. The van der Waals surface area contributed by atoms with E-state index in [1.807, 2.05) is 0 Å². The van der Waals surface area contributed by atoms with Crippen LogP contribution in [-0.4, -0.2) is 17.4 Å². The molecule has 0 bridgehead atoms. The van der Waals surface area contributed by atoms with Crippen LogP contribution in [0.4, 0.5) is 0 Å². The maximum Gasteiger partial charge on any atom is 0.333 e. The SMILES string of the molecule is CC1=CCC[C@H]2[C@@]1(C)CCC(C)[C@]2(C)CCC1=CC(=O)OC1O. The number of aliphatic hydroxyl groups is 1. The van der Waals surface area contributed by atoms with Crippen LogP contribution in [0.25, 0.3) is 0 Å². The molecule has 1 aliphatic heterocycles. The Balaban J connectivity index is 1.82. The fraction of sp³-hybridized carbons (Fsp3) is 0.750. The first kappa shape index (κ1) is 16.8. The highest BCUT2D eigenvalue weighted by Crippen LogP contribution is 2.61. The number of aliphatic hydroxyl groups excluding tert-OH is 1. The second-order valence-electron chi connectivity index (χ2n) is 8.39. The molecule has 1 N–H and O–H groups in total. The van der Waals surface area contributed by atoms with E-state index in [0.29, 0.717) is 17.3 Å². The van der Waals surface area contributed by atoms with Crippen molar-refractivity contribution in [2.75, 3.05) is 0 Å². The highest BCUT2D eigenvalue weighted by atomic mass is 16.6. The molecule has 3 nitrogen and oxygen atoms in total. The third-order valence-electron chi connectivity index (χ3n) is 7.39. The summed E-state index contributed by atoms with van der Waals surface area (Å²) >= 11 is 0. The smallest absolute Gasteiger partial charge is 0.333 e. The summed E-state index contributed by atoms with van der Waals surface area (Å²) in [7, 11) is 0. The quantitative estimate of drug-likeness (QED) is 0.621. The first-order valence-electron chi connectivity index (χ1n) is 9.04. The van der Waals surface area contributed by atoms with Gasteiger partial charge in [0, 0.05) is 11.6 Å². The molecule has 128 valence electrons. The lowest BCUT2D eigenvalue weighted by atomic mass is 9.47. The minimum absolute atomic E-state index is 0.245. The summed E-state index contributed by atoms with van der Waals surface area (Å²) in [6, 6.07) is 0. The summed E-state index contributed by atoms with van der Waals surface area (Å²) in [6.07, 6.45) is 9.63. The monoisotopic (exact) mass is 318 g/mol. The second-order valence-corrected chi connectivity index (χ2v) is 8.39. The van der Waals surface area contributed by atoms with E-state index in [9.17, 15) is 9.90 Å². The van der Waals surface area contributed by atoms with Crippen molar-refractivity contribution in [2.24, 2.45) is 22.7 Å². The van der Waals surface area contributed by atoms with Gasteiger partial charge in [0.2, 0.25) is 6.29 Å². The van der Waals surface area contributed by atoms with Crippen molar-refractivity contribution in [2.45, 2.75) is 72.5 Å². The molecule has 0 radical (unpaired) electrons. The highest BCUT2D eigenvalue weighted by molar-refractivity contribution is 5.85. The van der Waals surface area contributed by atoms with Crippen molar-refractivity contribution in [3.8, 4) is 0 Å². The minimum atomic E-state index is -1.02. The van der Waals surface area contributed by atoms with Crippen LogP contribution in [0.2, 0.25) is 0 Å². The maximum absolute atomic E-state index is 11.3. The number of ether oxygens (including phenoxy) is 1. The van der Waals surface area contributed by atoms with Crippen molar-refractivity contribution in [3.05, 3.63) is 23.3 Å². The highest BCUT2D eigenvalue weighted by Gasteiger charge is 2.53. The van der Waals surface area contributed by atoms with Crippen LogP contribution in [-0.2, 0) is 9.53 Å². The Bertz CT molecular complexity index is 561. The van der Waals surface area contributed by atoms with Crippen molar-refractivity contribution >= 4 is 5.97 Å². The van der Waals surface area contributed by atoms with Crippen LogP contribution in [0.15, 0.2) is 23.3 Å². The van der Waals surface area contributed by atoms with Gasteiger partial charge in [-0.25, -0.2) is 4.79 Å². The van der Waals surface area contributed by atoms with Gasteiger partial charge in [-0.2, -0.15) is 0 Å². The Labute approximate surface area is 139 Å². The van der Waals surface area contributed by atoms with E-state index in [-0.39, 0.29) is 5.41 Å². The summed E-state index contributed by atoms with van der Waals surface area (Å²) in [6.45, 7) is 9.57. The van der Waals surface area contributed by atoms with Crippen molar-refractivity contribution in [3.63, 3.8) is 0 Å². The van der Waals surface area contributed by atoms with E-state index in [0.717, 1.165) is 18.4 Å². The largest absolute Gasteiger partial charge is 0.429 e. The van der Waals surface area contributed by atoms with E-state index in [4.69, 9.17) is 4.74 Å². The van der Waals surface area contributed by atoms with Gasteiger partial charge in [-0.15, -0.1) is 0 Å². The molecule has 0 spiro atoms. The summed E-state index contributed by atoms with van der Waals surface area (Å²) in [5.74, 6) is 0.942. The van der Waals surface area contributed by atoms with E-state index >= 15 is 0 Å². The Morgan fingerprint density at radius 3 is 2.74 bits per heavy atom. The normalized spacial score (nSPS) is 43.5. The van der Waals surface area contributed by atoms with Crippen LogP contribution in [0.3, 0.4) is 0 Å². The molecular formula is C20H30O3. The molecule has 3 aliphatic rings. The van der Waals surface area contributed by atoms with Gasteiger partial charge in [0.1, 0.15) is 0 Å². The van der Waals surface area contributed by atoms with Crippen LogP contribution < -0.4 is 0 Å². The van der Waals surface area contributed by atoms with Crippen LogP contribution >= 0.6 is 0 Å². The first-order valence-corrected chi connectivity index (χ1v) is 9.04. The molecule has 3 heteroatoms. The Morgan fingerprint density at radius 1 is 1.35 bits per heavy atom. The summed E-state index contributed by atoms with van der Waals surface area (Å²) in [5.41, 5.74) is 2.87. The van der Waals surface area contributed by atoms with Crippen molar-refractivity contribution in [1.82, 2.24) is 0 Å². The van der Waals surface area contributed by atoms with Crippen LogP contribution in [0, 0.1) is 22.7 Å². The number of hydrogen-bond acceptors (Lipinski definition) is 3. The van der Waals surface area contributed by atoms with Gasteiger partial charge in [0.15, 0.2) is 0 Å². The summed E-state index contributed by atoms with van der Waals surface area (Å²) in [4.78, 5) is 11.3. The number of rotatable bonds is 3. The Hall–Kier alpha value is -1.09. The number of cyclic esters (lactones) is 1.